The first-order valence-corrected chi connectivity index (χ1v) is 9.11. The van der Waals surface area contributed by atoms with E-state index in [0.717, 1.165) is 0 Å². The number of carbonyl (C=O) groups excluding carboxylic acids is 1. The van der Waals surface area contributed by atoms with Crippen molar-refractivity contribution in [2.24, 2.45) is 5.10 Å². The smallest absolute Gasteiger partial charge is 0.449 e. The molecule has 0 saturated carbocycles. The molecular formula is C20H20N3O7+. The zero-order valence-corrected chi connectivity index (χ0v) is 16.3. The van der Waals surface area contributed by atoms with Crippen LogP contribution in [-0.2, 0) is 14.3 Å². The first-order valence-electron chi connectivity index (χ1n) is 9.11. The van der Waals surface area contributed by atoms with Crippen molar-refractivity contribution in [2.45, 2.75) is 26.4 Å². The second-order valence-corrected chi connectivity index (χ2v) is 6.25. The van der Waals surface area contributed by atoms with Crippen molar-refractivity contribution in [1.82, 2.24) is 0 Å². The largest absolute Gasteiger partial charge is 0.507 e. The van der Waals surface area contributed by atoms with E-state index in [1.807, 2.05) is 0 Å². The molecule has 0 amide bonds. The zero-order valence-electron chi connectivity index (χ0n) is 16.3. The predicted octanol–water partition coefficient (Wildman–Crippen LogP) is 2.41. The van der Waals surface area contributed by atoms with Gasteiger partial charge in [-0.1, -0.05) is 12.1 Å². The summed E-state index contributed by atoms with van der Waals surface area (Å²) in [5.41, 5.74) is 0.502. The van der Waals surface area contributed by atoms with E-state index in [9.17, 15) is 20.0 Å². The molecule has 3 rings (SSSR count). The van der Waals surface area contributed by atoms with Gasteiger partial charge in [-0.2, -0.15) is 0 Å². The van der Waals surface area contributed by atoms with E-state index in [1.54, 1.807) is 32.0 Å². The number of nitro groups is 1. The zero-order chi connectivity index (χ0) is 21.7. The first-order chi connectivity index (χ1) is 14.4. The van der Waals surface area contributed by atoms with Crippen LogP contribution in [0.1, 0.15) is 25.0 Å². The first kappa shape index (κ1) is 20.9. The lowest BCUT2D eigenvalue weighted by molar-refractivity contribution is -0.639. The van der Waals surface area contributed by atoms with Crippen molar-refractivity contribution in [3.63, 3.8) is 0 Å². The summed E-state index contributed by atoms with van der Waals surface area (Å²) in [6.07, 6.45) is 0.353. The van der Waals surface area contributed by atoms with Gasteiger partial charge in [-0.05, 0) is 36.7 Å². The van der Waals surface area contributed by atoms with Crippen LogP contribution in [0.3, 0.4) is 0 Å². The Kier molecular flexibility index (Phi) is 6.38. The average molecular weight is 414 g/mol. The summed E-state index contributed by atoms with van der Waals surface area (Å²) < 4.78 is 18.1. The number of benzene rings is 2. The van der Waals surface area contributed by atoms with Crippen molar-refractivity contribution >= 4 is 24.1 Å². The monoisotopic (exact) mass is 414 g/mol. The van der Waals surface area contributed by atoms with Gasteiger partial charge in [-0.25, -0.2) is 0 Å². The van der Waals surface area contributed by atoms with E-state index in [-0.39, 0.29) is 23.1 Å². The normalized spacial score (nSPS) is 17.9. The number of phenols is 1. The number of carbonyl (C=O) groups is 1. The molecule has 0 fully saturated rings. The molecule has 0 aliphatic carbocycles. The number of hydrogen-bond donors (Lipinski definition) is 1. The van der Waals surface area contributed by atoms with Gasteiger partial charge in [0.1, 0.15) is 11.5 Å². The molecule has 2 aromatic carbocycles. The van der Waals surface area contributed by atoms with Gasteiger partial charge in [0.25, 0.3) is 11.6 Å². The fourth-order valence-electron chi connectivity index (χ4n) is 2.67. The molecule has 0 bridgehead atoms. The van der Waals surface area contributed by atoms with Crippen LogP contribution < -0.4 is 4.74 Å². The van der Waals surface area contributed by atoms with Crippen molar-refractivity contribution < 1.29 is 33.7 Å². The Hall–Kier alpha value is -3.79. The van der Waals surface area contributed by atoms with Crippen molar-refractivity contribution in [3.05, 3.63) is 63.7 Å². The minimum Gasteiger partial charge on any atom is -0.507 e. The Labute approximate surface area is 171 Å². The maximum absolute atomic E-state index is 11.2. The molecule has 0 saturated heterocycles. The van der Waals surface area contributed by atoms with Gasteiger partial charge >= 0.3 is 6.41 Å². The van der Waals surface area contributed by atoms with Gasteiger partial charge in [0.2, 0.25) is 6.21 Å². The van der Waals surface area contributed by atoms with Crippen LogP contribution in [0, 0.1) is 10.1 Å². The molecule has 2 unspecified atom stereocenters. The van der Waals surface area contributed by atoms with Crippen molar-refractivity contribution in [2.75, 3.05) is 6.61 Å². The molecule has 156 valence electrons. The third kappa shape index (κ3) is 4.61. The maximum atomic E-state index is 11.2. The average Bonchev–Trinajstić information content (AvgIpc) is 3.11. The Bertz CT molecular complexity index is 1020. The molecule has 1 heterocycles. The lowest BCUT2D eigenvalue weighted by Crippen LogP contribution is -2.25. The number of hydrogen-bond acceptors (Lipinski definition) is 8. The van der Waals surface area contributed by atoms with Crippen molar-refractivity contribution in [3.8, 4) is 11.5 Å². The third-order valence-corrected chi connectivity index (χ3v) is 4.06. The number of non-ortho nitro benzene ring substituents is 1. The lowest BCUT2D eigenvalue weighted by atomic mass is 10.2. The second kappa shape index (κ2) is 9.14. The summed E-state index contributed by atoms with van der Waals surface area (Å²) in [5.74, 6) is 0.353. The summed E-state index contributed by atoms with van der Waals surface area (Å²) in [7, 11) is 0. The molecule has 0 aromatic heterocycles. The molecule has 0 radical (unpaired) electrons. The molecule has 2 atom stereocenters. The van der Waals surface area contributed by atoms with Crippen molar-refractivity contribution in [1.29, 1.82) is 0 Å². The van der Waals surface area contributed by atoms with Crippen LogP contribution in [0.25, 0.3) is 0 Å². The van der Waals surface area contributed by atoms with E-state index in [0.29, 0.717) is 24.0 Å². The topological polar surface area (TPSA) is 124 Å². The van der Waals surface area contributed by atoms with Gasteiger partial charge in [0.05, 0.1) is 22.7 Å². The number of ether oxygens (including phenoxy) is 3. The summed E-state index contributed by atoms with van der Waals surface area (Å²) >= 11 is 0. The standard InChI is InChI=1S/C20H19N3O7/c1-3-28-20-22(21-19(30-20)16-6-4-5-7-17(16)25)11-14-10-15(23(26)27)8-9-18(14)29-13(2)12-24/h4-13,20H,3H2,1-2H3/p+1. The summed E-state index contributed by atoms with van der Waals surface area (Å²) in [6.45, 7) is 3.63. The maximum Gasteiger partial charge on any atom is 0.449 e. The number of aldehydes is 1. The number of nitro benzene ring substituents is 1. The van der Waals surface area contributed by atoms with Gasteiger partial charge in [-0.3, -0.25) is 19.6 Å². The van der Waals surface area contributed by atoms with E-state index < -0.39 is 17.4 Å². The number of aromatic hydroxyl groups is 1. The number of hydrazone groups is 1. The number of nitrogens with zero attached hydrogens (tertiary/aromatic N) is 3. The Morgan fingerprint density at radius 1 is 1.37 bits per heavy atom. The van der Waals surface area contributed by atoms with Crippen LogP contribution in [0.5, 0.6) is 11.5 Å². The van der Waals surface area contributed by atoms with Crippen LogP contribution >= 0.6 is 0 Å². The van der Waals surface area contributed by atoms with E-state index in [1.165, 1.54) is 35.2 Å². The minimum absolute atomic E-state index is 0.0208. The third-order valence-electron chi connectivity index (χ3n) is 4.06. The number of rotatable bonds is 8. The molecule has 1 N–H and O–H groups in total. The fraction of sp³-hybridized carbons (Fsp3) is 0.250. The Morgan fingerprint density at radius 3 is 2.80 bits per heavy atom. The Balaban J connectivity index is 2.07. The highest BCUT2D eigenvalue weighted by molar-refractivity contribution is 5.97. The molecule has 10 nitrogen and oxygen atoms in total. The van der Waals surface area contributed by atoms with Gasteiger partial charge < -0.3 is 14.6 Å². The highest BCUT2D eigenvalue weighted by atomic mass is 16.7. The molecule has 2 aromatic rings. The van der Waals surface area contributed by atoms with Crippen LogP contribution in [-0.4, -0.2) is 52.2 Å². The van der Waals surface area contributed by atoms with Crippen LogP contribution in [0.2, 0.25) is 0 Å². The molecular weight excluding hydrogens is 394 g/mol. The van der Waals surface area contributed by atoms with E-state index in [4.69, 9.17) is 14.2 Å². The fourth-order valence-corrected chi connectivity index (χ4v) is 2.67. The van der Waals surface area contributed by atoms with Gasteiger partial charge in [0, 0.05) is 17.2 Å². The SMILES string of the molecule is CCOC1OC(c2ccccc2O)=N[N+]1=Cc1cc([N+](=O)[O-])ccc1OC(C)C=O. The van der Waals surface area contributed by atoms with Gasteiger partial charge in [0.15, 0.2) is 12.4 Å². The molecule has 0 spiro atoms. The lowest BCUT2D eigenvalue weighted by Gasteiger charge is -2.10. The number of para-hydroxylation sites is 1. The Morgan fingerprint density at radius 2 is 2.13 bits per heavy atom. The molecule has 10 heteroatoms. The molecule has 30 heavy (non-hydrogen) atoms. The quantitative estimate of drug-likeness (QED) is 0.304. The second-order valence-electron chi connectivity index (χ2n) is 6.25. The van der Waals surface area contributed by atoms with Gasteiger partial charge in [-0.15, -0.1) is 0 Å². The summed E-state index contributed by atoms with van der Waals surface area (Å²) in [4.78, 5) is 21.6. The summed E-state index contributed by atoms with van der Waals surface area (Å²) in [5, 5.41) is 25.6. The molecule has 1 aliphatic rings. The predicted molar refractivity (Wildman–Crippen MR) is 106 cm³/mol. The van der Waals surface area contributed by atoms with E-state index in [2.05, 4.69) is 5.10 Å². The highest BCUT2D eigenvalue weighted by Crippen LogP contribution is 2.26. The minimum atomic E-state index is -0.958. The van der Waals surface area contributed by atoms with E-state index >= 15 is 0 Å². The van der Waals surface area contributed by atoms with Crippen LogP contribution in [0.15, 0.2) is 47.6 Å². The summed E-state index contributed by atoms with van der Waals surface area (Å²) in [6, 6.07) is 10.5. The van der Waals surface area contributed by atoms with Crippen LogP contribution in [0.4, 0.5) is 5.69 Å². The molecule has 1 aliphatic heterocycles. The number of phenolic OH excluding ortho intramolecular Hbond substituents is 1. The highest BCUT2D eigenvalue weighted by Gasteiger charge is 2.36.